The average molecular weight is 295 g/mol. The molecule has 1 aromatic rings. The molecular weight excluding hydrogens is 270 g/mol. The van der Waals surface area contributed by atoms with Gasteiger partial charge in [0.05, 0.1) is 5.54 Å². The third-order valence-corrected chi connectivity index (χ3v) is 4.86. The summed E-state index contributed by atoms with van der Waals surface area (Å²) in [7, 11) is 1.85. The summed E-state index contributed by atoms with van der Waals surface area (Å²) in [5.41, 5.74) is -0.469. The van der Waals surface area contributed by atoms with Crippen LogP contribution in [0, 0.1) is 0 Å². The van der Waals surface area contributed by atoms with Gasteiger partial charge in [-0.1, -0.05) is 6.07 Å². The van der Waals surface area contributed by atoms with Crippen LogP contribution < -0.4 is 5.32 Å². The largest absolute Gasteiger partial charge is 0.340 e. The zero-order chi connectivity index (χ0) is 14.6. The Morgan fingerprint density at radius 3 is 2.80 bits per heavy atom. The lowest BCUT2D eigenvalue weighted by Gasteiger charge is -2.31. The maximum Gasteiger partial charge on any atom is 0.242 e. The molecule has 1 amide bonds. The van der Waals surface area contributed by atoms with Gasteiger partial charge >= 0.3 is 0 Å². The molecule has 1 aliphatic heterocycles. The Hall–Kier alpha value is -0.910. The standard InChI is InChI=1S/C15H25N3OS/c1-15(2,16-3)14(19)18-8-5-7-17(9-10-18)12-13-6-4-11-20-13/h4,6,11,16H,5,7-10,12H2,1-3H3. The van der Waals surface area contributed by atoms with Crippen LogP contribution in [0.5, 0.6) is 0 Å². The maximum atomic E-state index is 12.5. The summed E-state index contributed by atoms with van der Waals surface area (Å²) >= 11 is 1.81. The Morgan fingerprint density at radius 2 is 2.15 bits per heavy atom. The Morgan fingerprint density at radius 1 is 1.35 bits per heavy atom. The summed E-state index contributed by atoms with van der Waals surface area (Å²) in [5.74, 6) is 0.206. The van der Waals surface area contributed by atoms with Crippen molar-refractivity contribution in [2.45, 2.75) is 32.4 Å². The highest BCUT2D eigenvalue weighted by Gasteiger charge is 2.31. The van der Waals surface area contributed by atoms with Crippen LogP contribution in [0.3, 0.4) is 0 Å². The first-order chi connectivity index (χ1) is 9.53. The number of nitrogens with zero attached hydrogens (tertiary/aromatic N) is 2. The van der Waals surface area contributed by atoms with E-state index in [2.05, 4.69) is 27.7 Å². The Balaban J connectivity index is 1.90. The number of carbonyl (C=O) groups is 1. The fraction of sp³-hybridized carbons (Fsp3) is 0.667. The van der Waals surface area contributed by atoms with Crippen molar-refractivity contribution in [1.29, 1.82) is 0 Å². The first-order valence-corrected chi connectivity index (χ1v) is 8.14. The number of nitrogens with one attached hydrogen (secondary N) is 1. The second-order valence-corrected chi connectivity index (χ2v) is 6.91. The molecule has 0 aromatic carbocycles. The molecule has 0 saturated carbocycles. The predicted octanol–water partition coefficient (Wildman–Crippen LogP) is 1.78. The summed E-state index contributed by atoms with van der Waals surface area (Å²) in [5, 5.41) is 5.23. The van der Waals surface area contributed by atoms with Crippen molar-refractivity contribution in [2.24, 2.45) is 0 Å². The van der Waals surface area contributed by atoms with E-state index in [-0.39, 0.29) is 5.91 Å². The van der Waals surface area contributed by atoms with Crippen molar-refractivity contribution in [3.8, 4) is 0 Å². The summed E-state index contributed by atoms with van der Waals surface area (Å²) in [6.07, 6.45) is 1.05. The highest BCUT2D eigenvalue weighted by atomic mass is 32.1. The monoisotopic (exact) mass is 295 g/mol. The minimum absolute atomic E-state index is 0.206. The van der Waals surface area contributed by atoms with Gasteiger partial charge in [-0.3, -0.25) is 9.69 Å². The van der Waals surface area contributed by atoms with Crippen LogP contribution in [0.4, 0.5) is 0 Å². The molecule has 1 aromatic heterocycles. The van der Waals surface area contributed by atoms with Crippen molar-refractivity contribution in [3.63, 3.8) is 0 Å². The fourth-order valence-corrected chi connectivity index (χ4v) is 3.20. The van der Waals surface area contributed by atoms with Crippen LogP contribution in [0.2, 0.25) is 0 Å². The van der Waals surface area contributed by atoms with Gasteiger partial charge in [0.15, 0.2) is 0 Å². The summed E-state index contributed by atoms with van der Waals surface area (Å²) in [6, 6.07) is 4.28. The van der Waals surface area contributed by atoms with Crippen LogP contribution in [-0.4, -0.2) is 54.5 Å². The van der Waals surface area contributed by atoms with Gasteiger partial charge < -0.3 is 10.2 Å². The Kier molecular flexibility index (Phi) is 5.18. The second-order valence-electron chi connectivity index (χ2n) is 5.88. The number of likely N-dealkylation sites (N-methyl/N-ethyl adjacent to an activating group) is 1. The van der Waals surface area contributed by atoms with Gasteiger partial charge in [0.25, 0.3) is 0 Å². The number of amides is 1. The molecule has 0 bridgehead atoms. The normalized spacial score (nSPS) is 18.1. The third-order valence-electron chi connectivity index (χ3n) is 3.99. The van der Waals surface area contributed by atoms with E-state index in [1.54, 1.807) is 11.3 Å². The highest BCUT2D eigenvalue weighted by Crippen LogP contribution is 2.15. The van der Waals surface area contributed by atoms with E-state index in [1.807, 2.05) is 25.8 Å². The number of rotatable bonds is 4. The van der Waals surface area contributed by atoms with E-state index >= 15 is 0 Å². The fourth-order valence-electron chi connectivity index (χ4n) is 2.46. The number of thiophene rings is 1. The maximum absolute atomic E-state index is 12.5. The van der Waals surface area contributed by atoms with Crippen LogP contribution in [0.15, 0.2) is 17.5 Å². The van der Waals surface area contributed by atoms with Gasteiger partial charge in [-0.05, 0) is 38.8 Å². The van der Waals surface area contributed by atoms with Crippen LogP contribution >= 0.6 is 11.3 Å². The minimum atomic E-state index is -0.469. The van der Waals surface area contributed by atoms with E-state index in [4.69, 9.17) is 0 Å². The highest BCUT2D eigenvalue weighted by molar-refractivity contribution is 7.09. The van der Waals surface area contributed by atoms with Crippen molar-refractivity contribution < 1.29 is 4.79 Å². The quantitative estimate of drug-likeness (QED) is 0.920. The smallest absolute Gasteiger partial charge is 0.242 e. The molecule has 2 rings (SSSR count). The van der Waals surface area contributed by atoms with Gasteiger partial charge in [0, 0.05) is 37.6 Å². The molecule has 1 aliphatic rings. The van der Waals surface area contributed by atoms with E-state index in [1.165, 1.54) is 4.88 Å². The van der Waals surface area contributed by atoms with Crippen LogP contribution in [0.25, 0.3) is 0 Å². The predicted molar refractivity (Wildman–Crippen MR) is 83.9 cm³/mol. The molecule has 2 heterocycles. The summed E-state index contributed by atoms with van der Waals surface area (Å²) in [4.78, 5) is 18.3. The lowest BCUT2D eigenvalue weighted by molar-refractivity contribution is -0.136. The SMILES string of the molecule is CNC(C)(C)C(=O)N1CCCN(Cc2cccs2)CC1. The van der Waals surface area contributed by atoms with Crippen molar-refractivity contribution >= 4 is 17.2 Å². The van der Waals surface area contributed by atoms with E-state index in [0.29, 0.717) is 0 Å². The first kappa shape index (κ1) is 15.5. The second kappa shape index (κ2) is 6.70. The topological polar surface area (TPSA) is 35.6 Å². The lowest BCUT2D eigenvalue weighted by Crippen LogP contribution is -2.53. The van der Waals surface area contributed by atoms with E-state index in [9.17, 15) is 4.79 Å². The molecule has 4 nitrogen and oxygen atoms in total. The van der Waals surface area contributed by atoms with E-state index in [0.717, 1.165) is 39.1 Å². The van der Waals surface area contributed by atoms with Gasteiger partial charge in [0.1, 0.15) is 0 Å². The first-order valence-electron chi connectivity index (χ1n) is 7.26. The summed E-state index contributed by atoms with van der Waals surface area (Å²) < 4.78 is 0. The molecule has 0 radical (unpaired) electrons. The average Bonchev–Trinajstić information content (AvgIpc) is 2.83. The minimum Gasteiger partial charge on any atom is -0.340 e. The molecule has 0 spiro atoms. The van der Waals surface area contributed by atoms with Crippen LogP contribution in [-0.2, 0) is 11.3 Å². The lowest BCUT2D eigenvalue weighted by atomic mass is 10.0. The molecule has 1 N–H and O–H groups in total. The molecule has 0 unspecified atom stereocenters. The molecule has 112 valence electrons. The Bertz CT molecular complexity index is 430. The number of hydrogen-bond donors (Lipinski definition) is 1. The molecule has 0 aliphatic carbocycles. The zero-order valence-corrected chi connectivity index (χ0v) is 13.5. The molecule has 1 saturated heterocycles. The molecule has 1 fully saturated rings. The van der Waals surface area contributed by atoms with Gasteiger partial charge in [0.2, 0.25) is 5.91 Å². The van der Waals surface area contributed by atoms with Gasteiger partial charge in [-0.15, -0.1) is 11.3 Å². The van der Waals surface area contributed by atoms with Gasteiger partial charge in [-0.25, -0.2) is 0 Å². The van der Waals surface area contributed by atoms with Crippen molar-refractivity contribution in [3.05, 3.63) is 22.4 Å². The zero-order valence-electron chi connectivity index (χ0n) is 12.7. The molecule has 0 atom stereocenters. The molecular formula is C15H25N3OS. The number of hydrogen-bond acceptors (Lipinski definition) is 4. The molecule has 5 heteroatoms. The summed E-state index contributed by atoms with van der Waals surface area (Å²) in [6.45, 7) is 8.63. The van der Waals surface area contributed by atoms with Crippen LogP contribution in [0.1, 0.15) is 25.1 Å². The number of carbonyl (C=O) groups excluding carboxylic acids is 1. The van der Waals surface area contributed by atoms with E-state index < -0.39 is 5.54 Å². The molecule has 20 heavy (non-hydrogen) atoms. The third kappa shape index (κ3) is 3.81. The van der Waals surface area contributed by atoms with Crippen molar-refractivity contribution in [1.82, 2.24) is 15.1 Å². The van der Waals surface area contributed by atoms with Gasteiger partial charge in [-0.2, -0.15) is 0 Å². The van der Waals surface area contributed by atoms with Crippen molar-refractivity contribution in [2.75, 3.05) is 33.2 Å². The Labute approximate surface area is 125 Å².